The highest BCUT2D eigenvalue weighted by atomic mass is 16.6. The zero-order valence-corrected chi connectivity index (χ0v) is 15.2. The zero-order chi connectivity index (χ0) is 18.0. The first-order valence-electron chi connectivity index (χ1n) is 8.63. The van der Waals surface area contributed by atoms with Crippen molar-refractivity contribution in [1.29, 1.82) is 0 Å². The molecule has 0 saturated carbocycles. The van der Waals surface area contributed by atoms with Crippen LogP contribution in [0.4, 0.5) is 4.79 Å². The molecule has 1 amide bonds. The Balaban J connectivity index is 1.81. The summed E-state index contributed by atoms with van der Waals surface area (Å²) < 4.78 is 18.6. The van der Waals surface area contributed by atoms with Crippen molar-refractivity contribution in [1.82, 2.24) is 14.9 Å². The fourth-order valence-corrected chi connectivity index (χ4v) is 2.93. The fourth-order valence-electron chi connectivity index (χ4n) is 2.93. The summed E-state index contributed by atoms with van der Waals surface area (Å²) >= 11 is 0. The average molecular weight is 347 g/mol. The largest absolute Gasteiger partial charge is 0.493 e. The number of hydrogen-bond acceptors (Lipinski definition) is 5. The summed E-state index contributed by atoms with van der Waals surface area (Å²) in [5.41, 5.74) is 2.53. The van der Waals surface area contributed by atoms with Crippen molar-refractivity contribution in [3.63, 3.8) is 0 Å². The predicted molar refractivity (Wildman–Crippen MR) is 94.3 cm³/mol. The van der Waals surface area contributed by atoms with Gasteiger partial charge < -0.3 is 19.5 Å². The van der Waals surface area contributed by atoms with Crippen LogP contribution in [-0.2, 0) is 17.7 Å². The molecule has 0 saturated heterocycles. The lowest BCUT2D eigenvalue weighted by Gasteiger charge is -2.20. The fraction of sp³-hybridized carbons (Fsp3) is 0.556. The van der Waals surface area contributed by atoms with Crippen LogP contribution in [0.5, 0.6) is 11.8 Å². The van der Waals surface area contributed by atoms with E-state index in [2.05, 4.69) is 10.3 Å². The number of imidazole rings is 1. The lowest BCUT2D eigenvalue weighted by atomic mass is 10.1. The summed E-state index contributed by atoms with van der Waals surface area (Å²) in [5.74, 6) is 0.900. The average Bonchev–Trinajstić information content (AvgIpc) is 3.10. The molecule has 0 radical (unpaired) electrons. The van der Waals surface area contributed by atoms with Crippen LogP contribution in [0.3, 0.4) is 0 Å². The number of carbonyl (C=O) groups excluding carboxylic acids is 1. The van der Waals surface area contributed by atoms with E-state index in [1.807, 2.05) is 44.4 Å². The van der Waals surface area contributed by atoms with Gasteiger partial charge in [0.1, 0.15) is 11.4 Å². The predicted octanol–water partition coefficient (Wildman–Crippen LogP) is 2.89. The first-order chi connectivity index (χ1) is 11.9. The quantitative estimate of drug-likeness (QED) is 0.900. The molecule has 0 bridgehead atoms. The summed E-state index contributed by atoms with van der Waals surface area (Å²) in [4.78, 5) is 16.4. The number of hydrogen-bond donors (Lipinski definition) is 1. The van der Waals surface area contributed by atoms with Crippen LogP contribution >= 0.6 is 0 Å². The molecule has 0 unspecified atom stereocenters. The van der Waals surface area contributed by atoms with Crippen molar-refractivity contribution in [3.05, 3.63) is 17.7 Å². The van der Waals surface area contributed by atoms with E-state index in [0.29, 0.717) is 32.3 Å². The molecule has 3 rings (SSSR count). The Morgan fingerprint density at radius 1 is 1.40 bits per heavy atom. The van der Waals surface area contributed by atoms with E-state index in [1.54, 1.807) is 0 Å². The molecular formula is C18H25N3O4. The lowest BCUT2D eigenvalue weighted by Crippen LogP contribution is -2.34. The molecule has 0 spiro atoms. The number of ether oxygens (including phenoxy) is 3. The molecule has 2 aromatic rings. The van der Waals surface area contributed by atoms with Crippen molar-refractivity contribution in [2.75, 3.05) is 19.8 Å². The van der Waals surface area contributed by atoms with Crippen LogP contribution in [0.1, 0.15) is 33.3 Å². The second kappa shape index (κ2) is 6.82. The van der Waals surface area contributed by atoms with Gasteiger partial charge in [0.15, 0.2) is 0 Å². The number of nitrogens with zero attached hydrogens (tertiary/aromatic N) is 2. The monoisotopic (exact) mass is 347 g/mol. The molecule has 1 N–H and O–H groups in total. The summed E-state index contributed by atoms with van der Waals surface area (Å²) in [6.45, 7) is 9.62. The van der Waals surface area contributed by atoms with E-state index >= 15 is 0 Å². The number of rotatable bonds is 5. The van der Waals surface area contributed by atoms with Crippen LogP contribution < -0.4 is 14.8 Å². The van der Waals surface area contributed by atoms with Crippen molar-refractivity contribution in [2.45, 2.75) is 46.3 Å². The van der Waals surface area contributed by atoms with Crippen LogP contribution in [0, 0.1) is 0 Å². The van der Waals surface area contributed by atoms with Gasteiger partial charge in [0, 0.05) is 25.1 Å². The molecule has 2 heterocycles. The number of carbonyl (C=O) groups is 1. The van der Waals surface area contributed by atoms with Crippen LogP contribution in [0.2, 0.25) is 0 Å². The van der Waals surface area contributed by atoms with Gasteiger partial charge in [-0.25, -0.2) is 4.79 Å². The molecule has 7 nitrogen and oxygen atoms in total. The molecule has 25 heavy (non-hydrogen) atoms. The molecule has 7 heteroatoms. The molecule has 0 aliphatic carbocycles. The summed E-state index contributed by atoms with van der Waals surface area (Å²) in [6, 6.07) is 4.46. The van der Waals surface area contributed by atoms with E-state index < -0.39 is 11.7 Å². The minimum Gasteiger partial charge on any atom is -0.493 e. The number of amides is 1. The van der Waals surface area contributed by atoms with Gasteiger partial charge in [-0.15, -0.1) is 0 Å². The number of fused-ring (bicyclic) bond motifs is 3. The minimum absolute atomic E-state index is 0.422. The SMILES string of the molecule is CCOc1nc2ccc3c(c2n1CCNC(=O)OC(C)(C)C)CCO3. The molecule has 1 aromatic carbocycles. The van der Waals surface area contributed by atoms with Crippen LogP contribution in [-0.4, -0.2) is 41.0 Å². The number of alkyl carbamates (subject to hydrolysis) is 1. The third kappa shape index (κ3) is 3.81. The van der Waals surface area contributed by atoms with E-state index in [0.717, 1.165) is 28.8 Å². The first-order valence-corrected chi connectivity index (χ1v) is 8.63. The highest BCUT2D eigenvalue weighted by Crippen LogP contribution is 2.34. The Bertz CT molecular complexity index is 777. The smallest absolute Gasteiger partial charge is 0.407 e. The molecule has 1 aromatic heterocycles. The van der Waals surface area contributed by atoms with Gasteiger partial charge in [0.2, 0.25) is 0 Å². The van der Waals surface area contributed by atoms with E-state index in [4.69, 9.17) is 14.2 Å². The van der Waals surface area contributed by atoms with Gasteiger partial charge in [0.05, 0.1) is 24.2 Å². The number of aromatic nitrogens is 2. The highest BCUT2D eigenvalue weighted by molar-refractivity contribution is 5.83. The molecule has 136 valence electrons. The maximum absolute atomic E-state index is 11.8. The molecule has 0 atom stereocenters. The normalized spacial score (nSPS) is 13.4. The van der Waals surface area contributed by atoms with Crippen LogP contribution in [0.25, 0.3) is 11.0 Å². The van der Waals surface area contributed by atoms with E-state index in [-0.39, 0.29) is 0 Å². The Labute approximate surface area is 147 Å². The molecular weight excluding hydrogens is 322 g/mol. The number of nitrogens with one attached hydrogen (secondary N) is 1. The maximum Gasteiger partial charge on any atom is 0.407 e. The van der Waals surface area contributed by atoms with E-state index in [1.165, 1.54) is 0 Å². The molecule has 1 aliphatic rings. The third-order valence-electron chi connectivity index (χ3n) is 3.82. The standard InChI is InChI=1S/C18H25N3O4/c1-5-23-16-20-13-6-7-14-12(8-11-24-14)15(13)21(16)10-9-19-17(22)25-18(2,3)4/h6-7H,5,8-11H2,1-4H3,(H,19,22). The Morgan fingerprint density at radius 3 is 2.92 bits per heavy atom. The van der Waals surface area contributed by atoms with Crippen molar-refractivity contribution >= 4 is 17.1 Å². The van der Waals surface area contributed by atoms with Gasteiger partial charge in [-0.3, -0.25) is 4.57 Å². The van der Waals surface area contributed by atoms with Crippen molar-refractivity contribution < 1.29 is 19.0 Å². The minimum atomic E-state index is -0.513. The highest BCUT2D eigenvalue weighted by Gasteiger charge is 2.22. The summed E-state index contributed by atoms with van der Waals surface area (Å²) in [6.07, 6.45) is 0.423. The second-order valence-electron chi connectivity index (χ2n) is 6.92. The molecule has 1 aliphatic heterocycles. The van der Waals surface area contributed by atoms with Gasteiger partial charge in [-0.1, -0.05) is 0 Å². The van der Waals surface area contributed by atoms with E-state index in [9.17, 15) is 4.79 Å². The lowest BCUT2D eigenvalue weighted by molar-refractivity contribution is 0.0525. The van der Waals surface area contributed by atoms with Gasteiger partial charge in [-0.05, 0) is 39.8 Å². The number of benzene rings is 1. The van der Waals surface area contributed by atoms with Gasteiger partial charge in [0.25, 0.3) is 6.01 Å². The topological polar surface area (TPSA) is 74.6 Å². The Hall–Kier alpha value is -2.44. The zero-order valence-electron chi connectivity index (χ0n) is 15.2. The van der Waals surface area contributed by atoms with Crippen molar-refractivity contribution in [3.8, 4) is 11.8 Å². The second-order valence-corrected chi connectivity index (χ2v) is 6.92. The third-order valence-corrected chi connectivity index (χ3v) is 3.82. The van der Waals surface area contributed by atoms with Crippen molar-refractivity contribution in [2.24, 2.45) is 0 Å². The van der Waals surface area contributed by atoms with Gasteiger partial charge >= 0.3 is 6.09 Å². The Kier molecular flexibility index (Phi) is 4.74. The van der Waals surface area contributed by atoms with Crippen LogP contribution in [0.15, 0.2) is 12.1 Å². The Morgan fingerprint density at radius 2 is 2.20 bits per heavy atom. The first kappa shape index (κ1) is 17.4. The molecule has 0 fully saturated rings. The summed E-state index contributed by atoms with van der Waals surface area (Å²) in [5, 5.41) is 2.78. The van der Waals surface area contributed by atoms with Gasteiger partial charge in [-0.2, -0.15) is 4.98 Å². The summed E-state index contributed by atoms with van der Waals surface area (Å²) in [7, 11) is 0. The maximum atomic E-state index is 11.8.